The molecule has 390 valence electrons. The van der Waals surface area contributed by atoms with Crippen LogP contribution in [0.15, 0.2) is 134 Å². The first-order valence-corrected chi connectivity index (χ1v) is 27.9. The van der Waals surface area contributed by atoms with Crippen LogP contribution in [0.25, 0.3) is 0 Å². The van der Waals surface area contributed by atoms with Crippen molar-refractivity contribution in [2.45, 2.75) is 244 Å². The molecule has 0 aromatic carbocycles. The minimum absolute atomic E-state index is 0.0854. The lowest BCUT2D eigenvalue weighted by Gasteiger charge is -2.23. The van der Waals surface area contributed by atoms with Gasteiger partial charge in [0.25, 0.3) is 0 Å². The van der Waals surface area contributed by atoms with E-state index in [0.717, 1.165) is 83.5 Å². The van der Waals surface area contributed by atoms with Gasteiger partial charge in [-0.2, -0.15) is 0 Å². The summed E-state index contributed by atoms with van der Waals surface area (Å²) in [5.74, 6) is -0.740. The molecule has 3 unspecified atom stereocenters. The number of rotatable bonds is 48. The highest BCUT2D eigenvalue weighted by Gasteiger charge is 2.23. The fourth-order valence-electron chi connectivity index (χ4n) is 7.59. The summed E-state index contributed by atoms with van der Waals surface area (Å²) in [6, 6.07) is -0.768. The van der Waals surface area contributed by atoms with Gasteiger partial charge in [-0.1, -0.05) is 258 Å². The number of esters is 1. The van der Waals surface area contributed by atoms with Crippen LogP contribution in [-0.2, 0) is 14.3 Å². The maximum absolute atomic E-state index is 13.2. The third-order valence-electron chi connectivity index (χ3n) is 11.7. The number of amides is 1. The lowest BCUT2D eigenvalue weighted by Crippen LogP contribution is -2.46. The SMILES string of the molecule is CC/C=C\C/C=C\C/C=C\C/C=C\C/C=C\C/C=C\C(CC(=O)NC(CO)C(O)CCCCCCCCCCCCCCCCCCC)OC(=O)CC/C=C/C/C=C/C/C=C/C/C=C/C/C=C/CC. The van der Waals surface area contributed by atoms with E-state index in [1.807, 2.05) is 12.2 Å². The first kappa shape index (κ1) is 65.0. The predicted molar refractivity (Wildman–Crippen MR) is 300 cm³/mol. The lowest BCUT2D eigenvalue weighted by molar-refractivity contribution is -0.148. The van der Waals surface area contributed by atoms with Crippen LogP contribution in [0.4, 0.5) is 0 Å². The Morgan fingerprint density at radius 3 is 1.14 bits per heavy atom. The highest BCUT2D eigenvalue weighted by atomic mass is 16.5. The molecule has 1 amide bonds. The van der Waals surface area contributed by atoms with Gasteiger partial charge >= 0.3 is 5.97 Å². The van der Waals surface area contributed by atoms with E-state index in [1.54, 1.807) is 6.08 Å². The van der Waals surface area contributed by atoms with Crippen molar-refractivity contribution in [1.82, 2.24) is 5.32 Å². The summed E-state index contributed by atoms with van der Waals surface area (Å²) in [6.45, 7) is 6.21. The van der Waals surface area contributed by atoms with E-state index >= 15 is 0 Å². The van der Waals surface area contributed by atoms with Crippen molar-refractivity contribution in [3.8, 4) is 0 Å². The molecule has 0 saturated carbocycles. The Kier molecular flexibility index (Phi) is 51.7. The maximum Gasteiger partial charge on any atom is 0.306 e. The fraction of sp³-hybridized carbons (Fsp3) is 0.619. The first-order chi connectivity index (χ1) is 34.0. The number of aliphatic hydroxyl groups excluding tert-OH is 2. The van der Waals surface area contributed by atoms with E-state index in [-0.39, 0.29) is 31.3 Å². The molecule has 0 bridgehead atoms. The lowest BCUT2D eigenvalue weighted by atomic mass is 10.0. The molecular formula is C63H103NO5. The van der Waals surface area contributed by atoms with Crippen LogP contribution in [0.2, 0.25) is 0 Å². The smallest absolute Gasteiger partial charge is 0.306 e. The molecule has 0 aliphatic rings. The Morgan fingerprint density at radius 2 is 0.783 bits per heavy atom. The zero-order valence-corrected chi connectivity index (χ0v) is 44.4. The molecule has 0 aliphatic heterocycles. The van der Waals surface area contributed by atoms with Gasteiger partial charge in [0.2, 0.25) is 5.91 Å². The molecule has 3 atom stereocenters. The van der Waals surface area contributed by atoms with Crippen LogP contribution in [0, 0.1) is 0 Å². The van der Waals surface area contributed by atoms with Gasteiger partial charge in [-0.05, 0) is 89.5 Å². The van der Waals surface area contributed by atoms with Crippen LogP contribution < -0.4 is 5.32 Å². The van der Waals surface area contributed by atoms with Crippen molar-refractivity contribution in [1.29, 1.82) is 0 Å². The molecule has 6 heteroatoms. The van der Waals surface area contributed by atoms with E-state index in [1.165, 1.54) is 89.9 Å². The van der Waals surface area contributed by atoms with Crippen molar-refractivity contribution in [3.63, 3.8) is 0 Å². The Bertz CT molecular complexity index is 1490. The van der Waals surface area contributed by atoms with Crippen LogP contribution >= 0.6 is 0 Å². The molecule has 0 aromatic heterocycles. The molecule has 6 nitrogen and oxygen atoms in total. The van der Waals surface area contributed by atoms with Gasteiger partial charge in [-0.15, -0.1) is 0 Å². The second-order valence-corrected chi connectivity index (χ2v) is 18.2. The number of hydrogen-bond acceptors (Lipinski definition) is 5. The third kappa shape index (κ3) is 50.2. The van der Waals surface area contributed by atoms with Crippen LogP contribution in [-0.4, -0.2) is 46.9 Å². The quantitative estimate of drug-likeness (QED) is 0.0321. The molecule has 0 saturated heterocycles. The summed E-state index contributed by atoms with van der Waals surface area (Å²) in [5.41, 5.74) is 0. The van der Waals surface area contributed by atoms with Crippen LogP contribution in [0.3, 0.4) is 0 Å². The monoisotopic (exact) mass is 954 g/mol. The van der Waals surface area contributed by atoms with Crippen molar-refractivity contribution in [3.05, 3.63) is 134 Å². The van der Waals surface area contributed by atoms with Gasteiger partial charge in [0.05, 0.1) is 25.2 Å². The average Bonchev–Trinajstić information content (AvgIpc) is 3.34. The topological polar surface area (TPSA) is 95.9 Å². The molecule has 0 heterocycles. The third-order valence-corrected chi connectivity index (χ3v) is 11.7. The predicted octanol–water partition coefficient (Wildman–Crippen LogP) is 17.4. The second kappa shape index (κ2) is 54.9. The molecule has 0 rings (SSSR count). The molecule has 0 fully saturated rings. The number of aliphatic hydroxyl groups is 2. The first-order valence-electron chi connectivity index (χ1n) is 27.9. The minimum atomic E-state index is -0.842. The second-order valence-electron chi connectivity index (χ2n) is 18.2. The highest BCUT2D eigenvalue weighted by Crippen LogP contribution is 2.16. The Morgan fingerprint density at radius 1 is 0.449 bits per heavy atom. The van der Waals surface area contributed by atoms with Gasteiger partial charge in [-0.25, -0.2) is 0 Å². The minimum Gasteiger partial charge on any atom is -0.458 e. The zero-order chi connectivity index (χ0) is 50.2. The molecule has 0 spiro atoms. The van der Waals surface area contributed by atoms with Crippen LogP contribution in [0.1, 0.15) is 226 Å². The largest absolute Gasteiger partial charge is 0.458 e. The number of carbonyl (C=O) groups is 2. The van der Waals surface area contributed by atoms with Gasteiger partial charge < -0.3 is 20.3 Å². The number of hydrogen-bond donors (Lipinski definition) is 3. The van der Waals surface area contributed by atoms with Gasteiger partial charge in [0.1, 0.15) is 6.10 Å². The summed E-state index contributed by atoms with van der Waals surface area (Å²) in [6.07, 6.45) is 78.4. The molecule has 0 aromatic rings. The van der Waals surface area contributed by atoms with E-state index in [2.05, 4.69) is 142 Å². The van der Waals surface area contributed by atoms with E-state index in [9.17, 15) is 19.8 Å². The number of nitrogens with one attached hydrogen (secondary N) is 1. The number of unbranched alkanes of at least 4 members (excludes halogenated alkanes) is 16. The summed E-state index contributed by atoms with van der Waals surface area (Å²) >= 11 is 0. The summed E-state index contributed by atoms with van der Waals surface area (Å²) < 4.78 is 5.79. The van der Waals surface area contributed by atoms with Crippen molar-refractivity contribution in [2.24, 2.45) is 0 Å². The van der Waals surface area contributed by atoms with E-state index < -0.39 is 18.2 Å². The molecule has 3 N–H and O–H groups in total. The average molecular weight is 955 g/mol. The Balaban J connectivity index is 4.84. The van der Waals surface area contributed by atoms with Crippen molar-refractivity contribution >= 4 is 11.9 Å². The summed E-state index contributed by atoms with van der Waals surface area (Å²) in [7, 11) is 0. The normalized spacial score (nSPS) is 14.2. The Hall–Kier alpha value is -4.00. The summed E-state index contributed by atoms with van der Waals surface area (Å²) in [5, 5.41) is 23.8. The van der Waals surface area contributed by atoms with Crippen LogP contribution in [0.5, 0.6) is 0 Å². The van der Waals surface area contributed by atoms with Crippen molar-refractivity contribution in [2.75, 3.05) is 6.61 Å². The maximum atomic E-state index is 13.2. The zero-order valence-electron chi connectivity index (χ0n) is 44.4. The van der Waals surface area contributed by atoms with Gasteiger partial charge in [0, 0.05) is 6.42 Å². The standard InChI is InChI=1S/C63H103NO5/c1-4-7-10-13-16-19-22-25-28-31-33-36-39-42-45-48-51-54-59(69-63(68)56-53-50-47-44-41-38-35-30-27-24-21-18-15-12-9-6-3)57-62(67)64-60(58-65)61(66)55-52-49-46-43-40-37-34-32-29-26-23-20-17-14-11-8-5-2/h7,9-10,12,16,18-19,21,25,27-28,30,33,36,38,41-42,45,47,50-51,54,59-61,65-66H,4-6,8,11,13-15,17,20,22-24,26,29,31-32,34-35,37,39-40,43-44,46,48-49,52-53,55-58H2,1-3H3,(H,64,67)/b10-7-,12-9+,19-16-,21-18+,28-25-,30-27+,36-33-,41-38+,45-42-,50-47+,54-51-. The van der Waals surface area contributed by atoms with Gasteiger partial charge in [-0.3, -0.25) is 9.59 Å². The number of carbonyl (C=O) groups excluding carboxylic acids is 2. The van der Waals surface area contributed by atoms with Crippen molar-refractivity contribution < 1.29 is 24.5 Å². The van der Waals surface area contributed by atoms with E-state index in [0.29, 0.717) is 19.3 Å². The number of allylic oxidation sites excluding steroid dienone is 21. The fourth-order valence-corrected chi connectivity index (χ4v) is 7.59. The number of ether oxygens (including phenoxy) is 1. The molecule has 69 heavy (non-hydrogen) atoms. The molecule has 0 aliphatic carbocycles. The molecule has 0 radical (unpaired) electrons. The summed E-state index contributed by atoms with van der Waals surface area (Å²) in [4.78, 5) is 26.1. The van der Waals surface area contributed by atoms with E-state index in [4.69, 9.17) is 4.74 Å². The highest BCUT2D eigenvalue weighted by molar-refractivity contribution is 5.78. The van der Waals surface area contributed by atoms with Gasteiger partial charge in [0.15, 0.2) is 0 Å². The Labute approximate surface area is 424 Å². The molecular weight excluding hydrogens is 851 g/mol.